The van der Waals surface area contributed by atoms with E-state index in [-0.39, 0.29) is 11.7 Å². The number of aromatic hydroxyl groups is 1. The lowest BCUT2D eigenvalue weighted by atomic mass is 10.2. The largest absolute Gasteiger partial charge is 0.508 e. The van der Waals surface area contributed by atoms with Crippen LogP contribution in [-0.4, -0.2) is 34.3 Å². The Hall–Kier alpha value is -2.64. The van der Waals surface area contributed by atoms with Crippen molar-refractivity contribution in [3.63, 3.8) is 0 Å². The van der Waals surface area contributed by atoms with Gasteiger partial charge in [-0.3, -0.25) is 4.79 Å². The Labute approximate surface area is 153 Å². The van der Waals surface area contributed by atoms with Gasteiger partial charge < -0.3 is 15.7 Å². The molecule has 0 aliphatic heterocycles. The first-order valence-corrected chi connectivity index (χ1v) is 8.72. The van der Waals surface area contributed by atoms with Crippen molar-refractivity contribution >= 4 is 34.0 Å². The maximum Gasteiger partial charge on any atom is 0.251 e. The smallest absolute Gasteiger partial charge is 0.251 e. The summed E-state index contributed by atoms with van der Waals surface area (Å²) in [5.74, 6) is -0.0698. The summed E-state index contributed by atoms with van der Waals surface area (Å²) in [6.45, 7) is 0.946. The molecule has 3 aromatic rings. The lowest BCUT2D eigenvalue weighted by Gasteiger charge is -2.05. The van der Waals surface area contributed by atoms with E-state index >= 15 is 0 Å². The van der Waals surface area contributed by atoms with Gasteiger partial charge in [0.15, 0.2) is 5.01 Å². The monoisotopic (exact) mass is 374 g/mol. The van der Waals surface area contributed by atoms with E-state index in [1.807, 2.05) is 24.3 Å². The van der Waals surface area contributed by atoms with Gasteiger partial charge in [0.05, 0.1) is 5.02 Å². The summed E-state index contributed by atoms with van der Waals surface area (Å²) < 4.78 is 0. The van der Waals surface area contributed by atoms with E-state index in [2.05, 4.69) is 20.8 Å². The van der Waals surface area contributed by atoms with Gasteiger partial charge in [-0.15, -0.1) is 10.2 Å². The number of rotatable bonds is 6. The zero-order valence-electron chi connectivity index (χ0n) is 13.1. The molecule has 0 atom stereocenters. The number of hydrogen-bond donors (Lipinski definition) is 3. The van der Waals surface area contributed by atoms with Crippen LogP contribution < -0.4 is 10.6 Å². The lowest BCUT2D eigenvalue weighted by molar-refractivity contribution is 0.0955. The Bertz CT molecular complexity index is 867. The molecule has 1 heterocycles. The Morgan fingerprint density at radius 3 is 2.60 bits per heavy atom. The zero-order chi connectivity index (χ0) is 17.6. The van der Waals surface area contributed by atoms with Gasteiger partial charge in [-0.2, -0.15) is 0 Å². The van der Waals surface area contributed by atoms with Gasteiger partial charge in [0, 0.05) is 24.2 Å². The number of nitrogens with zero attached hydrogens (tertiary/aromatic N) is 2. The minimum absolute atomic E-state index is 0.129. The van der Waals surface area contributed by atoms with E-state index in [1.165, 1.54) is 23.5 Å². The highest BCUT2D eigenvalue weighted by molar-refractivity contribution is 7.18. The van der Waals surface area contributed by atoms with Gasteiger partial charge in [0.2, 0.25) is 5.13 Å². The van der Waals surface area contributed by atoms with Crippen LogP contribution in [0.25, 0.3) is 10.6 Å². The average molecular weight is 375 g/mol. The standard InChI is InChI=1S/C17H15ClN4O2S/c18-14-4-2-1-3-13(14)16-21-22-17(25-16)20-10-9-19-15(24)11-5-7-12(23)8-6-11/h1-8,23H,9-10H2,(H,19,24)(H,20,22). The molecule has 0 fully saturated rings. The highest BCUT2D eigenvalue weighted by Crippen LogP contribution is 2.31. The molecule has 128 valence electrons. The molecule has 2 aromatic carbocycles. The summed E-state index contributed by atoms with van der Waals surface area (Å²) in [7, 11) is 0. The van der Waals surface area contributed by atoms with E-state index < -0.39 is 0 Å². The van der Waals surface area contributed by atoms with Gasteiger partial charge in [0.25, 0.3) is 5.91 Å². The third-order valence-electron chi connectivity index (χ3n) is 3.35. The third kappa shape index (κ3) is 4.46. The van der Waals surface area contributed by atoms with E-state index in [4.69, 9.17) is 11.6 Å². The molecule has 0 aliphatic carbocycles. The van der Waals surface area contributed by atoms with Gasteiger partial charge in [-0.25, -0.2) is 0 Å². The molecule has 8 heteroatoms. The van der Waals surface area contributed by atoms with E-state index in [0.29, 0.717) is 28.8 Å². The number of halogens is 1. The second kappa shape index (κ2) is 7.96. The number of amides is 1. The minimum Gasteiger partial charge on any atom is -0.508 e. The van der Waals surface area contributed by atoms with Crippen LogP contribution in [0.15, 0.2) is 48.5 Å². The van der Waals surface area contributed by atoms with Gasteiger partial charge in [-0.1, -0.05) is 41.1 Å². The number of phenolic OH excluding ortho intramolecular Hbond substituents is 1. The molecular formula is C17H15ClN4O2S. The molecule has 0 aliphatic rings. The number of hydrogen-bond acceptors (Lipinski definition) is 6. The van der Waals surface area contributed by atoms with Crippen molar-refractivity contribution in [2.24, 2.45) is 0 Å². The van der Waals surface area contributed by atoms with Crippen LogP contribution in [0.4, 0.5) is 5.13 Å². The van der Waals surface area contributed by atoms with Crippen LogP contribution in [0.1, 0.15) is 10.4 Å². The van der Waals surface area contributed by atoms with Crippen molar-refractivity contribution in [3.05, 3.63) is 59.1 Å². The number of benzene rings is 2. The molecule has 25 heavy (non-hydrogen) atoms. The molecule has 1 amide bonds. The van der Waals surface area contributed by atoms with Crippen molar-refractivity contribution < 1.29 is 9.90 Å². The molecule has 0 bridgehead atoms. The van der Waals surface area contributed by atoms with Crippen LogP contribution in [-0.2, 0) is 0 Å². The maximum absolute atomic E-state index is 11.9. The van der Waals surface area contributed by atoms with Crippen molar-refractivity contribution in [3.8, 4) is 16.3 Å². The first-order chi connectivity index (χ1) is 12.1. The summed E-state index contributed by atoms with van der Waals surface area (Å²) in [4.78, 5) is 11.9. The summed E-state index contributed by atoms with van der Waals surface area (Å²) in [6.07, 6.45) is 0. The average Bonchev–Trinajstić information content (AvgIpc) is 3.08. The summed E-state index contributed by atoms with van der Waals surface area (Å²) in [6, 6.07) is 13.6. The van der Waals surface area contributed by atoms with Crippen LogP contribution in [0.5, 0.6) is 5.75 Å². The first kappa shape index (κ1) is 17.2. The summed E-state index contributed by atoms with van der Waals surface area (Å²) in [5, 5.41) is 25.4. The second-order valence-electron chi connectivity index (χ2n) is 5.12. The highest BCUT2D eigenvalue weighted by atomic mass is 35.5. The van der Waals surface area contributed by atoms with Gasteiger partial charge in [-0.05, 0) is 30.3 Å². The van der Waals surface area contributed by atoms with Crippen molar-refractivity contribution in [2.45, 2.75) is 0 Å². The van der Waals surface area contributed by atoms with E-state index in [0.717, 1.165) is 10.6 Å². The van der Waals surface area contributed by atoms with E-state index in [1.54, 1.807) is 12.1 Å². The number of carbonyl (C=O) groups excluding carboxylic acids is 1. The highest BCUT2D eigenvalue weighted by Gasteiger charge is 2.09. The van der Waals surface area contributed by atoms with Crippen LogP contribution in [0.3, 0.4) is 0 Å². The molecule has 0 spiro atoms. The Morgan fingerprint density at radius 2 is 1.84 bits per heavy atom. The van der Waals surface area contributed by atoms with Crippen molar-refractivity contribution in [1.29, 1.82) is 0 Å². The van der Waals surface area contributed by atoms with Gasteiger partial charge in [0.1, 0.15) is 5.75 Å². The summed E-state index contributed by atoms with van der Waals surface area (Å²) >= 11 is 7.55. The minimum atomic E-state index is -0.198. The molecule has 3 N–H and O–H groups in total. The van der Waals surface area contributed by atoms with Crippen molar-refractivity contribution in [1.82, 2.24) is 15.5 Å². The Morgan fingerprint density at radius 1 is 1.08 bits per heavy atom. The van der Waals surface area contributed by atoms with Crippen LogP contribution in [0, 0.1) is 0 Å². The molecule has 0 unspecified atom stereocenters. The second-order valence-corrected chi connectivity index (χ2v) is 6.51. The quantitative estimate of drug-likeness (QED) is 0.575. The van der Waals surface area contributed by atoms with E-state index in [9.17, 15) is 9.90 Å². The Balaban J connectivity index is 1.49. The van der Waals surface area contributed by atoms with Crippen molar-refractivity contribution in [2.75, 3.05) is 18.4 Å². The molecule has 6 nitrogen and oxygen atoms in total. The molecule has 0 saturated carbocycles. The topological polar surface area (TPSA) is 87.1 Å². The van der Waals surface area contributed by atoms with Crippen LogP contribution >= 0.6 is 22.9 Å². The normalized spacial score (nSPS) is 10.4. The SMILES string of the molecule is O=C(NCCNc1nnc(-c2ccccc2Cl)s1)c1ccc(O)cc1. The number of phenols is 1. The molecular weight excluding hydrogens is 360 g/mol. The Kier molecular flexibility index (Phi) is 5.47. The predicted octanol–water partition coefficient (Wildman–Crippen LogP) is 3.41. The fourth-order valence-corrected chi connectivity index (χ4v) is 3.19. The molecule has 0 saturated heterocycles. The van der Waals surface area contributed by atoms with Gasteiger partial charge >= 0.3 is 0 Å². The summed E-state index contributed by atoms with van der Waals surface area (Å²) in [5.41, 5.74) is 1.34. The molecule has 1 aromatic heterocycles. The number of carbonyl (C=O) groups is 1. The molecule has 3 rings (SSSR count). The lowest BCUT2D eigenvalue weighted by Crippen LogP contribution is -2.28. The molecule has 0 radical (unpaired) electrons. The fourth-order valence-electron chi connectivity index (χ4n) is 2.10. The number of anilines is 1. The number of aromatic nitrogens is 2. The number of nitrogens with one attached hydrogen (secondary N) is 2. The predicted molar refractivity (Wildman–Crippen MR) is 99.3 cm³/mol. The van der Waals surface area contributed by atoms with Crippen LogP contribution in [0.2, 0.25) is 5.02 Å². The first-order valence-electron chi connectivity index (χ1n) is 7.53. The fraction of sp³-hybridized carbons (Fsp3) is 0.118. The third-order valence-corrected chi connectivity index (χ3v) is 4.59. The zero-order valence-corrected chi connectivity index (χ0v) is 14.6. The maximum atomic E-state index is 11.9.